The Hall–Kier alpha value is -1.29. The molecule has 1 heterocycles. The number of halogens is 1. The molecule has 0 N–H and O–H groups in total. The van der Waals surface area contributed by atoms with Gasteiger partial charge in [0.1, 0.15) is 12.4 Å². The zero-order valence-corrected chi connectivity index (χ0v) is 8.18. The molecule has 1 aromatic rings. The maximum absolute atomic E-state index is 12.8. The molecule has 0 aliphatic carbocycles. The largest absolute Gasteiger partial charge is 0.467 e. The molecule has 0 radical (unpaired) electrons. The fraction of sp³-hybridized carbons (Fsp3) is 0.100. The number of benzene rings is 1. The van der Waals surface area contributed by atoms with Crippen LogP contribution in [0.25, 0.3) is 0 Å². The molecule has 0 unspecified atom stereocenters. The van der Waals surface area contributed by atoms with Crippen molar-refractivity contribution in [3.8, 4) is 0 Å². The third kappa shape index (κ3) is 2.14. The second kappa shape index (κ2) is 3.84. The van der Waals surface area contributed by atoms with E-state index >= 15 is 0 Å². The minimum absolute atomic E-state index is 0.298. The van der Waals surface area contributed by atoms with Crippen LogP contribution in [0.4, 0.5) is 10.1 Å². The smallest absolute Gasteiger partial charge is 0.256 e. The van der Waals surface area contributed by atoms with Crippen LogP contribution in [0, 0.1) is 5.82 Å². The lowest BCUT2D eigenvalue weighted by Gasteiger charge is -1.95. The van der Waals surface area contributed by atoms with Crippen LogP contribution in [-0.2, 0) is 4.74 Å². The maximum Gasteiger partial charge on any atom is 0.256 e. The monoisotopic (exact) mass is 209 g/mol. The van der Waals surface area contributed by atoms with Gasteiger partial charge in [0, 0.05) is 4.91 Å². The van der Waals surface area contributed by atoms with Crippen molar-refractivity contribution >= 4 is 22.7 Å². The lowest BCUT2D eigenvalue weighted by atomic mass is 10.3. The van der Waals surface area contributed by atoms with Crippen molar-refractivity contribution in [1.29, 1.82) is 0 Å². The minimum atomic E-state index is -0.298. The minimum Gasteiger partial charge on any atom is -0.467 e. The van der Waals surface area contributed by atoms with Crippen LogP contribution in [0.5, 0.6) is 0 Å². The molecule has 0 saturated carbocycles. The van der Waals surface area contributed by atoms with Crippen LogP contribution < -0.4 is 0 Å². The van der Waals surface area contributed by atoms with Gasteiger partial charge in [-0.15, -0.1) is 0 Å². The Morgan fingerprint density at radius 3 is 3.00 bits per heavy atom. The lowest BCUT2D eigenvalue weighted by molar-refractivity contribution is 0.368. The van der Waals surface area contributed by atoms with Gasteiger partial charge in [0.2, 0.25) is 0 Å². The van der Waals surface area contributed by atoms with Crippen LogP contribution in [0.2, 0.25) is 0 Å². The summed E-state index contributed by atoms with van der Waals surface area (Å²) in [5.74, 6) is -0.298. The Bertz CT molecular complexity index is 403. The summed E-state index contributed by atoms with van der Waals surface area (Å²) in [6, 6.07) is 6.08. The first kappa shape index (κ1) is 9.27. The van der Waals surface area contributed by atoms with E-state index in [-0.39, 0.29) is 5.82 Å². The van der Waals surface area contributed by atoms with Crippen molar-refractivity contribution in [2.24, 2.45) is 4.99 Å². The van der Waals surface area contributed by atoms with Crippen LogP contribution in [0.1, 0.15) is 0 Å². The molecule has 1 aromatic carbocycles. The van der Waals surface area contributed by atoms with Gasteiger partial charge in [-0.3, -0.25) is 0 Å². The highest BCUT2D eigenvalue weighted by Gasteiger charge is 2.14. The number of hydrogen-bond donors (Lipinski definition) is 0. The molecular formula is C10H8FNOS. The summed E-state index contributed by atoms with van der Waals surface area (Å²) >= 11 is 1.38. The van der Waals surface area contributed by atoms with Gasteiger partial charge in [0.25, 0.3) is 5.23 Å². The van der Waals surface area contributed by atoms with Crippen LogP contribution >= 0.6 is 11.8 Å². The van der Waals surface area contributed by atoms with Crippen molar-refractivity contribution in [2.75, 3.05) is 6.61 Å². The molecule has 0 aromatic heterocycles. The highest BCUT2D eigenvalue weighted by molar-refractivity contribution is 8.17. The average molecular weight is 209 g/mol. The van der Waals surface area contributed by atoms with Crippen molar-refractivity contribution in [3.05, 3.63) is 41.6 Å². The van der Waals surface area contributed by atoms with Gasteiger partial charge < -0.3 is 4.74 Å². The number of ether oxygens (including phenoxy) is 1. The number of rotatable bonds is 1. The number of hydrogen-bond acceptors (Lipinski definition) is 3. The van der Waals surface area contributed by atoms with E-state index in [0.29, 0.717) is 17.5 Å². The zero-order valence-electron chi connectivity index (χ0n) is 7.37. The summed E-state index contributed by atoms with van der Waals surface area (Å²) in [5.41, 5.74) is 0.558. The first-order valence-corrected chi connectivity index (χ1v) is 4.88. The Morgan fingerprint density at radius 1 is 1.50 bits per heavy atom. The van der Waals surface area contributed by atoms with Crippen LogP contribution in [0.3, 0.4) is 0 Å². The second-order valence-corrected chi connectivity index (χ2v) is 3.92. The molecular weight excluding hydrogens is 201 g/mol. The molecule has 72 valence electrons. The molecule has 1 fully saturated rings. The molecule has 4 heteroatoms. The van der Waals surface area contributed by atoms with E-state index in [1.807, 2.05) is 0 Å². The summed E-state index contributed by atoms with van der Waals surface area (Å²) in [4.78, 5) is 5.04. The first-order valence-electron chi connectivity index (χ1n) is 4.07. The molecule has 0 spiro atoms. The maximum atomic E-state index is 12.8. The molecule has 2 rings (SSSR count). The summed E-state index contributed by atoms with van der Waals surface area (Å²) in [7, 11) is 0. The first-order chi connectivity index (χ1) is 6.74. The van der Waals surface area contributed by atoms with E-state index in [1.165, 1.54) is 23.9 Å². The summed E-state index contributed by atoms with van der Waals surface area (Å²) in [5, 5.41) is 0.528. The van der Waals surface area contributed by atoms with Crippen molar-refractivity contribution in [2.45, 2.75) is 0 Å². The van der Waals surface area contributed by atoms with Crippen LogP contribution in [0.15, 0.2) is 40.7 Å². The molecule has 1 aliphatic heterocycles. The Kier molecular flexibility index (Phi) is 2.54. The number of aliphatic imine (C=N–C) groups is 1. The Balaban J connectivity index is 2.21. The van der Waals surface area contributed by atoms with Crippen molar-refractivity contribution in [3.63, 3.8) is 0 Å². The summed E-state index contributed by atoms with van der Waals surface area (Å²) in [6.07, 6.45) is 0. The molecule has 1 aliphatic rings. The van der Waals surface area contributed by atoms with Gasteiger partial charge in [-0.05, 0) is 30.0 Å². The molecule has 0 atom stereocenters. The van der Waals surface area contributed by atoms with Gasteiger partial charge in [0.05, 0.1) is 5.69 Å². The van der Waals surface area contributed by atoms with E-state index in [4.69, 9.17) is 4.74 Å². The van der Waals surface area contributed by atoms with E-state index in [0.717, 1.165) is 4.91 Å². The van der Waals surface area contributed by atoms with E-state index in [2.05, 4.69) is 11.6 Å². The fourth-order valence-electron chi connectivity index (χ4n) is 1.03. The van der Waals surface area contributed by atoms with E-state index in [1.54, 1.807) is 12.1 Å². The number of nitrogens with zero attached hydrogens (tertiary/aromatic N) is 1. The van der Waals surface area contributed by atoms with E-state index < -0.39 is 0 Å². The van der Waals surface area contributed by atoms with Gasteiger partial charge in [0.15, 0.2) is 0 Å². The predicted octanol–water partition coefficient (Wildman–Crippen LogP) is 3.09. The van der Waals surface area contributed by atoms with Gasteiger partial charge in [-0.25, -0.2) is 9.38 Å². The summed E-state index contributed by atoms with van der Waals surface area (Å²) < 4.78 is 18.0. The third-order valence-corrected chi connectivity index (χ3v) is 2.41. The third-order valence-electron chi connectivity index (χ3n) is 1.62. The quantitative estimate of drug-likeness (QED) is 0.708. The van der Waals surface area contributed by atoms with Crippen LogP contribution in [-0.4, -0.2) is 11.8 Å². The SMILES string of the molecule is C=C1CO/C(=N/c2cccc(F)c2)S1. The average Bonchev–Trinajstić information content (AvgIpc) is 2.51. The highest BCUT2D eigenvalue weighted by atomic mass is 32.2. The predicted molar refractivity (Wildman–Crippen MR) is 56.2 cm³/mol. The van der Waals surface area contributed by atoms with E-state index in [9.17, 15) is 4.39 Å². The normalized spacial score (nSPS) is 18.6. The molecule has 1 saturated heterocycles. The van der Waals surface area contributed by atoms with Gasteiger partial charge in [-0.1, -0.05) is 12.6 Å². The van der Waals surface area contributed by atoms with Gasteiger partial charge >= 0.3 is 0 Å². The van der Waals surface area contributed by atoms with Gasteiger partial charge in [-0.2, -0.15) is 0 Å². The molecule has 14 heavy (non-hydrogen) atoms. The standard InChI is InChI=1S/C10H8FNOS/c1-7-6-13-10(14-7)12-9-4-2-3-8(11)5-9/h2-5H,1,6H2/b12-10-. The fourth-order valence-corrected chi connectivity index (χ4v) is 1.66. The summed E-state index contributed by atoms with van der Waals surface area (Å²) in [6.45, 7) is 4.23. The molecule has 0 bridgehead atoms. The molecule has 2 nitrogen and oxygen atoms in total. The Morgan fingerprint density at radius 2 is 2.36 bits per heavy atom. The van der Waals surface area contributed by atoms with Crippen molar-refractivity contribution in [1.82, 2.24) is 0 Å². The Labute approximate surface area is 85.5 Å². The lowest BCUT2D eigenvalue weighted by Crippen LogP contribution is -1.88. The highest BCUT2D eigenvalue weighted by Crippen LogP contribution is 2.27. The van der Waals surface area contributed by atoms with Crippen molar-refractivity contribution < 1.29 is 9.13 Å². The zero-order chi connectivity index (χ0) is 9.97. The second-order valence-electron chi connectivity index (χ2n) is 2.79. The molecule has 0 amide bonds. The topological polar surface area (TPSA) is 21.6 Å². The number of thioether (sulfide) groups is 1.